The van der Waals surface area contributed by atoms with Crippen molar-refractivity contribution in [1.29, 1.82) is 0 Å². The number of nitrogens with zero attached hydrogens (tertiary/aromatic N) is 3. The van der Waals surface area contributed by atoms with E-state index in [1.54, 1.807) is 17.0 Å². The second-order valence-electron chi connectivity index (χ2n) is 6.99. The molecule has 2 amide bonds. The van der Waals surface area contributed by atoms with Crippen molar-refractivity contribution in [2.24, 2.45) is 5.92 Å². The molecule has 1 atom stereocenters. The average Bonchev–Trinajstić information content (AvgIpc) is 3.15. The van der Waals surface area contributed by atoms with Gasteiger partial charge >= 0.3 is 0 Å². The van der Waals surface area contributed by atoms with Crippen LogP contribution in [0.25, 0.3) is 0 Å². The first-order chi connectivity index (χ1) is 11.6. The Morgan fingerprint density at radius 3 is 2.33 bits per heavy atom. The first-order valence-corrected chi connectivity index (χ1v) is 8.92. The van der Waals surface area contributed by atoms with Gasteiger partial charge in [0.15, 0.2) is 5.76 Å². The maximum atomic E-state index is 12.7. The highest BCUT2D eigenvalue weighted by atomic mass is 16.3. The van der Waals surface area contributed by atoms with E-state index in [9.17, 15) is 9.59 Å². The number of carbonyl (C=O) groups excluding carboxylic acids is 2. The zero-order chi connectivity index (χ0) is 17.1. The maximum Gasteiger partial charge on any atom is 0.289 e. The fraction of sp³-hybridized carbons (Fsp3) is 0.667. The van der Waals surface area contributed by atoms with Gasteiger partial charge in [0.2, 0.25) is 5.91 Å². The van der Waals surface area contributed by atoms with E-state index in [1.807, 2.05) is 11.8 Å². The first-order valence-electron chi connectivity index (χ1n) is 8.92. The number of hydrogen-bond donors (Lipinski definition) is 0. The van der Waals surface area contributed by atoms with Gasteiger partial charge in [-0.25, -0.2) is 0 Å². The number of furan rings is 1. The summed E-state index contributed by atoms with van der Waals surface area (Å²) in [6.07, 6.45) is 3.72. The third-order valence-electron chi connectivity index (χ3n) is 5.33. The Balaban J connectivity index is 1.50. The highest BCUT2D eigenvalue weighted by Crippen LogP contribution is 2.18. The van der Waals surface area contributed by atoms with Crippen molar-refractivity contribution in [2.75, 3.05) is 39.3 Å². The van der Waals surface area contributed by atoms with Crippen LogP contribution in [0, 0.1) is 5.92 Å². The maximum absolute atomic E-state index is 12.7. The van der Waals surface area contributed by atoms with Crippen molar-refractivity contribution >= 4 is 11.8 Å². The van der Waals surface area contributed by atoms with Crippen molar-refractivity contribution in [1.82, 2.24) is 14.7 Å². The molecule has 0 bridgehead atoms. The Bertz CT molecular complexity index is 556. The number of piperazine rings is 1. The number of amides is 2. The van der Waals surface area contributed by atoms with Crippen LogP contribution in [0.2, 0.25) is 0 Å². The molecule has 3 heterocycles. The molecule has 132 valence electrons. The lowest BCUT2D eigenvalue weighted by molar-refractivity contribution is -0.138. The van der Waals surface area contributed by atoms with E-state index in [4.69, 9.17) is 4.42 Å². The summed E-state index contributed by atoms with van der Waals surface area (Å²) in [6.45, 7) is 8.71. The summed E-state index contributed by atoms with van der Waals surface area (Å²) in [5.74, 6) is 1.27. The van der Waals surface area contributed by atoms with Gasteiger partial charge in [-0.15, -0.1) is 0 Å². The fourth-order valence-corrected chi connectivity index (χ4v) is 3.52. The van der Waals surface area contributed by atoms with E-state index in [1.165, 1.54) is 6.26 Å². The third kappa shape index (κ3) is 3.64. The van der Waals surface area contributed by atoms with Gasteiger partial charge in [0, 0.05) is 39.3 Å². The number of piperidine rings is 1. The SMILES string of the molecule is CC1CCN(C(=O)C(C)N2CCN(C(=O)c3ccco3)CC2)CC1. The van der Waals surface area contributed by atoms with Crippen LogP contribution in [0.5, 0.6) is 0 Å². The summed E-state index contributed by atoms with van der Waals surface area (Å²) >= 11 is 0. The molecule has 1 aromatic rings. The lowest BCUT2D eigenvalue weighted by Crippen LogP contribution is -2.56. The van der Waals surface area contributed by atoms with Gasteiger partial charge in [0.25, 0.3) is 5.91 Å². The molecule has 24 heavy (non-hydrogen) atoms. The Labute approximate surface area is 143 Å². The van der Waals surface area contributed by atoms with Gasteiger partial charge in [-0.2, -0.15) is 0 Å². The standard InChI is InChI=1S/C18H27N3O3/c1-14-5-7-20(8-6-14)17(22)15(2)19-9-11-21(12-10-19)18(23)16-4-3-13-24-16/h3-4,13-15H,5-12H2,1-2H3. The lowest BCUT2D eigenvalue weighted by atomic mass is 9.98. The molecule has 2 aliphatic rings. The summed E-state index contributed by atoms with van der Waals surface area (Å²) in [5.41, 5.74) is 0. The molecule has 2 saturated heterocycles. The molecular weight excluding hydrogens is 306 g/mol. The molecule has 0 spiro atoms. The molecule has 1 aromatic heterocycles. The molecule has 3 rings (SSSR count). The fourth-order valence-electron chi connectivity index (χ4n) is 3.52. The van der Waals surface area contributed by atoms with Crippen LogP contribution in [-0.4, -0.2) is 71.8 Å². The number of hydrogen-bond acceptors (Lipinski definition) is 4. The third-order valence-corrected chi connectivity index (χ3v) is 5.33. The summed E-state index contributed by atoms with van der Waals surface area (Å²) in [4.78, 5) is 31.0. The smallest absolute Gasteiger partial charge is 0.289 e. The minimum Gasteiger partial charge on any atom is -0.459 e. The van der Waals surface area contributed by atoms with Gasteiger partial charge in [-0.05, 0) is 37.8 Å². The summed E-state index contributed by atoms with van der Waals surface area (Å²) < 4.78 is 5.18. The topological polar surface area (TPSA) is 57.0 Å². The number of likely N-dealkylation sites (tertiary alicyclic amines) is 1. The molecule has 2 aliphatic heterocycles. The highest BCUT2D eigenvalue weighted by Gasteiger charge is 2.31. The van der Waals surface area contributed by atoms with E-state index < -0.39 is 0 Å². The molecule has 0 aromatic carbocycles. The Morgan fingerprint density at radius 1 is 1.08 bits per heavy atom. The van der Waals surface area contributed by atoms with Gasteiger partial charge < -0.3 is 14.2 Å². The summed E-state index contributed by atoms with van der Waals surface area (Å²) in [5, 5.41) is 0. The average molecular weight is 333 g/mol. The van der Waals surface area contributed by atoms with Crippen molar-refractivity contribution in [3.63, 3.8) is 0 Å². The van der Waals surface area contributed by atoms with Crippen molar-refractivity contribution < 1.29 is 14.0 Å². The monoisotopic (exact) mass is 333 g/mol. The quantitative estimate of drug-likeness (QED) is 0.844. The molecule has 0 saturated carbocycles. The Hall–Kier alpha value is -1.82. The Morgan fingerprint density at radius 2 is 1.75 bits per heavy atom. The van der Waals surface area contributed by atoms with Crippen LogP contribution in [0.1, 0.15) is 37.2 Å². The zero-order valence-corrected chi connectivity index (χ0v) is 14.6. The van der Waals surface area contributed by atoms with Crippen LogP contribution < -0.4 is 0 Å². The van der Waals surface area contributed by atoms with Crippen LogP contribution >= 0.6 is 0 Å². The molecule has 1 unspecified atom stereocenters. The summed E-state index contributed by atoms with van der Waals surface area (Å²) in [7, 11) is 0. The zero-order valence-electron chi connectivity index (χ0n) is 14.6. The highest BCUT2D eigenvalue weighted by molar-refractivity contribution is 5.91. The van der Waals surface area contributed by atoms with Gasteiger partial charge in [0.1, 0.15) is 0 Å². The second-order valence-corrected chi connectivity index (χ2v) is 6.99. The lowest BCUT2D eigenvalue weighted by Gasteiger charge is -2.40. The van der Waals surface area contributed by atoms with E-state index in [-0.39, 0.29) is 17.9 Å². The van der Waals surface area contributed by atoms with Crippen LogP contribution in [-0.2, 0) is 4.79 Å². The van der Waals surface area contributed by atoms with Gasteiger partial charge in [-0.3, -0.25) is 14.5 Å². The van der Waals surface area contributed by atoms with Crippen molar-refractivity contribution in [3.05, 3.63) is 24.2 Å². The van der Waals surface area contributed by atoms with E-state index >= 15 is 0 Å². The molecule has 6 heteroatoms. The van der Waals surface area contributed by atoms with Crippen LogP contribution in [0.3, 0.4) is 0 Å². The van der Waals surface area contributed by atoms with Crippen molar-refractivity contribution in [3.8, 4) is 0 Å². The van der Waals surface area contributed by atoms with E-state index in [2.05, 4.69) is 11.8 Å². The molecule has 6 nitrogen and oxygen atoms in total. The number of carbonyl (C=O) groups is 2. The number of rotatable bonds is 3. The van der Waals surface area contributed by atoms with Crippen molar-refractivity contribution in [2.45, 2.75) is 32.7 Å². The molecular formula is C18H27N3O3. The second kappa shape index (κ2) is 7.38. The Kier molecular flexibility index (Phi) is 5.23. The molecule has 0 aliphatic carbocycles. The first kappa shape index (κ1) is 17.0. The van der Waals surface area contributed by atoms with Crippen LogP contribution in [0.15, 0.2) is 22.8 Å². The van der Waals surface area contributed by atoms with Gasteiger partial charge in [-0.1, -0.05) is 6.92 Å². The summed E-state index contributed by atoms with van der Waals surface area (Å²) in [6, 6.07) is 3.31. The van der Waals surface area contributed by atoms with E-state index in [0.717, 1.165) is 44.9 Å². The normalized spacial score (nSPS) is 21.8. The largest absolute Gasteiger partial charge is 0.459 e. The predicted molar refractivity (Wildman–Crippen MR) is 90.6 cm³/mol. The minimum atomic E-state index is -0.112. The van der Waals surface area contributed by atoms with Gasteiger partial charge in [0.05, 0.1) is 12.3 Å². The predicted octanol–water partition coefficient (Wildman–Crippen LogP) is 1.68. The molecule has 0 N–H and O–H groups in total. The molecule has 2 fully saturated rings. The van der Waals surface area contributed by atoms with E-state index in [0.29, 0.717) is 18.8 Å². The molecule has 0 radical (unpaired) electrons. The minimum absolute atomic E-state index is 0.0661. The van der Waals surface area contributed by atoms with Crippen LogP contribution in [0.4, 0.5) is 0 Å².